The van der Waals surface area contributed by atoms with E-state index >= 15 is 0 Å². The fraction of sp³-hybridized carbons (Fsp3) is 0.500. The van der Waals surface area contributed by atoms with Gasteiger partial charge in [0.1, 0.15) is 5.75 Å². The van der Waals surface area contributed by atoms with Gasteiger partial charge in [-0.15, -0.1) is 0 Å². The first-order valence-electron chi connectivity index (χ1n) is 7.22. The molecule has 0 bridgehead atoms. The van der Waals surface area contributed by atoms with Gasteiger partial charge in [-0.25, -0.2) is 0 Å². The lowest BCUT2D eigenvalue weighted by Gasteiger charge is -2.16. The van der Waals surface area contributed by atoms with Gasteiger partial charge >= 0.3 is 5.97 Å². The first kappa shape index (κ1) is 17.0. The highest BCUT2D eigenvalue weighted by Crippen LogP contribution is 2.16. The molecule has 0 aliphatic rings. The Morgan fingerprint density at radius 1 is 1.33 bits per heavy atom. The highest BCUT2D eigenvalue weighted by atomic mass is 16.5. The maximum Gasteiger partial charge on any atom is 0.305 e. The zero-order chi connectivity index (χ0) is 15.7. The monoisotopic (exact) mass is 293 g/mol. The molecule has 0 saturated heterocycles. The van der Waals surface area contributed by atoms with Gasteiger partial charge in [0.25, 0.3) is 0 Å². The van der Waals surface area contributed by atoms with Gasteiger partial charge in [0.2, 0.25) is 5.91 Å². The minimum atomic E-state index is -0.898. The van der Waals surface area contributed by atoms with Crippen molar-refractivity contribution in [3.63, 3.8) is 0 Å². The number of hydrogen-bond donors (Lipinski definition) is 2. The first-order chi connectivity index (χ1) is 10.0. The van der Waals surface area contributed by atoms with Gasteiger partial charge in [0.05, 0.1) is 19.4 Å². The number of carboxylic acids is 1. The number of carbonyl (C=O) groups is 2. The van der Waals surface area contributed by atoms with Crippen LogP contribution < -0.4 is 10.1 Å². The molecule has 0 spiro atoms. The van der Waals surface area contributed by atoms with Gasteiger partial charge in [0, 0.05) is 6.04 Å². The quantitative estimate of drug-likeness (QED) is 0.733. The molecule has 0 fully saturated rings. The Labute approximate surface area is 125 Å². The van der Waals surface area contributed by atoms with E-state index in [1.165, 1.54) is 0 Å². The Bertz CT molecular complexity index is 473. The smallest absolute Gasteiger partial charge is 0.305 e. The van der Waals surface area contributed by atoms with Crippen molar-refractivity contribution in [3.05, 3.63) is 29.8 Å². The van der Waals surface area contributed by atoms with Crippen LogP contribution in [0.25, 0.3) is 0 Å². The fourth-order valence-corrected chi connectivity index (χ4v) is 2.06. The largest absolute Gasteiger partial charge is 0.493 e. The lowest BCUT2D eigenvalue weighted by molar-refractivity contribution is -0.137. The minimum Gasteiger partial charge on any atom is -0.493 e. The van der Waals surface area contributed by atoms with Crippen LogP contribution >= 0.6 is 0 Å². The van der Waals surface area contributed by atoms with Crippen molar-refractivity contribution in [2.75, 3.05) is 6.61 Å². The lowest BCUT2D eigenvalue weighted by atomic mass is 10.1. The summed E-state index contributed by atoms with van der Waals surface area (Å²) in [5.41, 5.74) is 1.02. The summed E-state index contributed by atoms with van der Waals surface area (Å²) in [4.78, 5) is 22.5. The molecule has 1 rings (SSSR count). The number of para-hydroxylation sites is 1. The number of nitrogens with one attached hydrogen (secondary N) is 1. The normalized spacial score (nSPS) is 11.7. The summed E-state index contributed by atoms with van der Waals surface area (Å²) < 4.78 is 5.55. The van der Waals surface area contributed by atoms with E-state index in [2.05, 4.69) is 5.32 Å². The Morgan fingerprint density at radius 2 is 2.05 bits per heavy atom. The summed E-state index contributed by atoms with van der Waals surface area (Å²) in [6.45, 7) is 4.18. The maximum absolute atomic E-state index is 11.8. The van der Waals surface area contributed by atoms with E-state index in [1.807, 2.05) is 38.1 Å². The van der Waals surface area contributed by atoms with Gasteiger partial charge in [-0.1, -0.05) is 31.5 Å². The highest BCUT2D eigenvalue weighted by molar-refractivity contribution is 5.77. The number of aryl methyl sites for hydroxylation is 1. The summed E-state index contributed by atoms with van der Waals surface area (Å²) in [5.74, 6) is -0.311. The second kappa shape index (κ2) is 9.00. The zero-order valence-corrected chi connectivity index (χ0v) is 12.6. The van der Waals surface area contributed by atoms with Crippen LogP contribution in [0.15, 0.2) is 24.3 Å². The number of carbonyl (C=O) groups excluding carboxylic acids is 1. The van der Waals surface area contributed by atoms with E-state index in [9.17, 15) is 9.59 Å². The van der Waals surface area contributed by atoms with Crippen LogP contribution in [0.4, 0.5) is 0 Å². The van der Waals surface area contributed by atoms with Gasteiger partial charge < -0.3 is 15.2 Å². The third-order valence-corrected chi connectivity index (χ3v) is 3.10. The van der Waals surface area contributed by atoms with Gasteiger partial charge in [-0.05, 0) is 25.0 Å². The molecule has 1 aromatic rings. The zero-order valence-electron chi connectivity index (χ0n) is 12.6. The molecule has 5 nitrogen and oxygen atoms in total. The number of amides is 1. The summed E-state index contributed by atoms with van der Waals surface area (Å²) in [6.07, 6.45) is 1.67. The molecule has 0 aromatic heterocycles. The Kier molecular flexibility index (Phi) is 7.29. The average molecular weight is 293 g/mol. The SMILES string of the molecule is CCCC(CC(=O)O)NC(=O)CCOc1ccccc1C. The third-order valence-electron chi connectivity index (χ3n) is 3.10. The van der Waals surface area contributed by atoms with E-state index in [-0.39, 0.29) is 31.4 Å². The number of hydrogen-bond acceptors (Lipinski definition) is 3. The summed E-state index contributed by atoms with van der Waals surface area (Å²) in [7, 11) is 0. The number of ether oxygens (including phenoxy) is 1. The minimum absolute atomic E-state index is 0.0434. The molecule has 0 heterocycles. The number of carboxylic acid groups (broad SMARTS) is 1. The predicted molar refractivity (Wildman–Crippen MR) is 80.4 cm³/mol. The molecule has 2 N–H and O–H groups in total. The first-order valence-corrected chi connectivity index (χ1v) is 7.22. The van der Waals surface area contributed by atoms with E-state index in [0.29, 0.717) is 6.42 Å². The van der Waals surface area contributed by atoms with Crippen LogP contribution in [0.1, 0.15) is 38.2 Å². The van der Waals surface area contributed by atoms with Crippen LogP contribution in [0.3, 0.4) is 0 Å². The van der Waals surface area contributed by atoms with Gasteiger partial charge in [0.15, 0.2) is 0 Å². The van der Waals surface area contributed by atoms with E-state index < -0.39 is 5.97 Å². The van der Waals surface area contributed by atoms with Crippen LogP contribution in [-0.4, -0.2) is 29.6 Å². The van der Waals surface area contributed by atoms with E-state index in [1.54, 1.807) is 0 Å². The Hall–Kier alpha value is -2.04. The fourth-order valence-electron chi connectivity index (χ4n) is 2.06. The molecular weight excluding hydrogens is 270 g/mol. The number of rotatable bonds is 9. The third kappa shape index (κ3) is 6.79. The molecule has 5 heteroatoms. The lowest BCUT2D eigenvalue weighted by Crippen LogP contribution is -2.37. The molecule has 0 aliphatic heterocycles. The Balaban J connectivity index is 2.35. The van der Waals surface area contributed by atoms with Gasteiger partial charge in [-0.2, -0.15) is 0 Å². The number of benzene rings is 1. The van der Waals surface area contributed by atoms with Crippen LogP contribution in [0.2, 0.25) is 0 Å². The summed E-state index contributed by atoms with van der Waals surface area (Å²) in [5, 5.41) is 11.6. The summed E-state index contributed by atoms with van der Waals surface area (Å²) >= 11 is 0. The second-order valence-electron chi connectivity index (χ2n) is 5.01. The highest BCUT2D eigenvalue weighted by Gasteiger charge is 2.15. The Morgan fingerprint density at radius 3 is 2.67 bits per heavy atom. The molecule has 1 amide bonds. The molecule has 0 saturated carbocycles. The predicted octanol–water partition coefficient (Wildman–Crippen LogP) is 2.52. The van der Waals surface area contributed by atoms with Crippen molar-refractivity contribution in [1.82, 2.24) is 5.32 Å². The molecule has 1 aromatic carbocycles. The van der Waals surface area contributed by atoms with Crippen molar-refractivity contribution in [2.45, 2.75) is 45.6 Å². The van der Waals surface area contributed by atoms with Crippen LogP contribution in [0.5, 0.6) is 5.75 Å². The molecule has 0 aliphatic carbocycles. The average Bonchev–Trinajstić information content (AvgIpc) is 2.40. The van der Waals surface area contributed by atoms with Crippen molar-refractivity contribution < 1.29 is 19.4 Å². The second-order valence-corrected chi connectivity index (χ2v) is 5.01. The molecule has 0 radical (unpaired) electrons. The van der Waals surface area contributed by atoms with Crippen molar-refractivity contribution in [3.8, 4) is 5.75 Å². The van der Waals surface area contributed by atoms with E-state index in [4.69, 9.17) is 9.84 Å². The maximum atomic E-state index is 11.8. The molecule has 21 heavy (non-hydrogen) atoms. The van der Waals surface area contributed by atoms with Crippen molar-refractivity contribution in [2.24, 2.45) is 0 Å². The van der Waals surface area contributed by atoms with Crippen molar-refractivity contribution >= 4 is 11.9 Å². The molecular formula is C16H23NO4. The van der Waals surface area contributed by atoms with Gasteiger partial charge in [-0.3, -0.25) is 9.59 Å². The van der Waals surface area contributed by atoms with Crippen LogP contribution in [-0.2, 0) is 9.59 Å². The molecule has 1 unspecified atom stereocenters. The van der Waals surface area contributed by atoms with E-state index in [0.717, 1.165) is 17.7 Å². The van der Waals surface area contributed by atoms with Crippen molar-refractivity contribution in [1.29, 1.82) is 0 Å². The van der Waals surface area contributed by atoms with Crippen LogP contribution in [0, 0.1) is 6.92 Å². The topological polar surface area (TPSA) is 75.6 Å². The number of aliphatic carboxylic acids is 1. The standard InChI is InChI=1S/C16H23NO4/c1-3-6-13(11-16(19)20)17-15(18)9-10-21-14-8-5-4-7-12(14)2/h4-5,7-8,13H,3,6,9-11H2,1-2H3,(H,17,18)(H,19,20). The molecule has 116 valence electrons. The summed E-state index contributed by atoms with van der Waals surface area (Å²) in [6, 6.07) is 7.30. The molecule has 1 atom stereocenters.